The van der Waals surface area contributed by atoms with Crippen LogP contribution in [0.5, 0.6) is 0 Å². The van der Waals surface area contributed by atoms with E-state index in [1.807, 2.05) is 0 Å². The predicted octanol–water partition coefficient (Wildman–Crippen LogP) is 1.87. The second-order valence-electron chi connectivity index (χ2n) is 2.83. The van der Waals surface area contributed by atoms with E-state index in [0.717, 1.165) is 0 Å². The molecule has 0 saturated heterocycles. The molecule has 2 rings (SSSR count). The Balaban J connectivity index is 2.48. The number of aldehydes is 1. The maximum atomic E-state index is 13.0. The Labute approximate surface area is 89.3 Å². The number of hydrogen-bond donors (Lipinski definition) is 0. The Morgan fingerprint density at radius 2 is 2.20 bits per heavy atom. The molecule has 0 spiro atoms. The molecular formula is C9H5ClFN3O. The van der Waals surface area contributed by atoms with Crippen molar-refractivity contribution in [2.45, 2.75) is 0 Å². The van der Waals surface area contributed by atoms with Crippen molar-refractivity contribution in [3.05, 3.63) is 40.9 Å². The first-order chi connectivity index (χ1) is 7.19. The van der Waals surface area contributed by atoms with Crippen LogP contribution in [-0.2, 0) is 0 Å². The average Bonchev–Trinajstić information content (AvgIpc) is 2.64. The molecule has 0 fully saturated rings. The summed E-state index contributed by atoms with van der Waals surface area (Å²) in [7, 11) is 0. The molecule has 0 atom stereocenters. The summed E-state index contributed by atoms with van der Waals surface area (Å²) < 4.78 is 14.3. The number of aromatic nitrogens is 3. The zero-order valence-electron chi connectivity index (χ0n) is 7.39. The highest BCUT2D eigenvalue weighted by Crippen LogP contribution is 2.16. The highest BCUT2D eigenvalue weighted by Gasteiger charge is 2.04. The molecule has 1 heterocycles. The number of carbonyl (C=O) groups is 1. The molecule has 0 amide bonds. The van der Waals surface area contributed by atoms with Crippen molar-refractivity contribution in [3.63, 3.8) is 0 Å². The van der Waals surface area contributed by atoms with Crippen LogP contribution in [-0.4, -0.2) is 21.3 Å². The smallest absolute Gasteiger partial charge is 0.171 e. The monoisotopic (exact) mass is 225 g/mol. The maximum absolute atomic E-state index is 13.0. The highest BCUT2D eigenvalue weighted by molar-refractivity contribution is 6.30. The minimum atomic E-state index is -0.472. The maximum Gasteiger partial charge on any atom is 0.171 e. The van der Waals surface area contributed by atoms with Crippen LogP contribution in [0.2, 0.25) is 5.02 Å². The highest BCUT2D eigenvalue weighted by atomic mass is 35.5. The van der Waals surface area contributed by atoms with Gasteiger partial charge in [-0.2, -0.15) is 0 Å². The van der Waals surface area contributed by atoms with Crippen LogP contribution in [0.4, 0.5) is 4.39 Å². The third kappa shape index (κ3) is 2.02. The molecule has 0 aliphatic heterocycles. The first-order valence-electron chi connectivity index (χ1n) is 4.03. The normalized spacial score (nSPS) is 10.3. The number of carbonyl (C=O) groups excluding carboxylic acids is 1. The fourth-order valence-electron chi connectivity index (χ4n) is 1.13. The molecule has 0 aliphatic carbocycles. The van der Waals surface area contributed by atoms with Crippen LogP contribution in [0, 0.1) is 5.82 Å². The lowest BCUT2D eigenvalue weighted by atomic mass is 10.3. The number of halogens is 2. The van der Waals surface area contributed by atoms with E-state index < -0.39 is 5.82 Å². The van der Waals surface area contributed by atoms with Crippen LogP contribution in [0.25, 0.3) is 5.69 Å². The van der Waals surface area contributed by atoms with E-state index in [1.54, 1.807) is 0 Å². The van der Waals surface area contributed by atoms with Crippen LogP contribution < -0.4 is 0 Å². The molecule has 0 N–H and O–H groups in total. The van der Waals surface area contributed by atoms with Crippen LogP contribution in [0.15, 0.2) is 24.4 Å². The SMILES string of the molecule is O=Cc1cn(-c2cc(F)cc(Cl)c2)nn1. The van der Waals surface area contributed by atoms with Crippen molar-refractivity contribution >= 4 is 17.9 Å². The van der Waals surface area contributed by atoms with Crippen LogP contribution >= 0.6 is 11.6 Å². The predicted molar refractivity (Wildman–Crippen MR) is 51.7 cm³/mol. The molecule has 15 heavy (non-hydrogen) atoms. The van der Waals surface area contributed by atoms with Gasteiger partial charge in [0, 0.05) is 5.02 Å². The second-order valence-corrected chi connectivity index (χ2v) is 3.27. The van der Waals surface area contributed by atoms with E-state index in [0.29, 0.717) is 12.0 Å². The molecule has 0 unspecified atom stereocenters. The average molecular weight is 226 g/mol. The van der Waals surface area contributed by atoms with Gasteiger partial charge in [0.1, 0.15) is 11.5 Å². The van der Waals surface area contributed by atoms with Gasteiger partial charge in [0.25, 0.3) is 0 Å². The van der Waals surface area contributed by atoms with Gasteiger partial charge in [-0.1, -0.05) is 16.8 Å². The zero-order valence-corrected chi connectivity index (χ0v) is 8.15. The van der Waals surface area contributed by atoms with Gasteiger partial charge in [-0.15, -0.1) is 5.10 Å². The zero-order chi connectivity index (χ0) is 10.8. The van der Waals surface area contributed by atoms with Gasteiger partial charge >= 0.3 is 0 Å². The summed E-state index contributed by atoms with van der Waals surface area (Å²) in [6, 6.07) is 3.95. The summed E-state index contributed by atoms with van der Waals surface area (Å²) in [4.78, 5) is 10.4. The number of benzene rings is 1. The van der Waals surface area contributed by atoms with Gasteiger partial charge in [0.2, 0.25) is 0 Å². The second kappa shape index (κ2) is 3.78. The fraction of sp³-hybridized carbons (Fsp3) is 0. The number of rotatable bonds is 2. The minimum Gasteiger partial charge on any atom is -0.296 e. The number of hydrogen-bond acceptors (Lipinski definition) is 3. The molecule has 6 heteroatoms. The summed E-state index contributed by atoms with van der Waals surface area (Å²) in [6.45, 7) is 0. The van der Waals surface area contributed by atoms with Gasteiger partial charge < -0.3 is 0 Å². The van der Waals surface area contributed by atoms with E-state index >= 15 is 0 Å². The van der Waals surface area contributed by atoms with Crippen molar-refractivity contribution in [2.24, 2.45) is 0 Å². The number of nitrogens with zero attached hydrogens (tertiary/aromatic N) is 3. The van der Waals surface area contributed by atoms with E-state index in [2.05, 4.69) is 10.3 Å². The Morgan fingerprint density at radius 3 is 2.80 bits per heavy atom. The Morgan fingerprint density at radius 1 is 1.40 bits per heavy atom. The fourth-order valence-corrected chi connectivity index (χ4v) is 1.34. The topological polar surface area (TPSA) is 47.8 Å². The molecule has 1 aromatic heterocycles. The molecule has 76 valence electrons. The van der Waals surface area contributed by atoms with Gasteiger partial charge in [0.15, 0.2) is 6.29 Å². The molecule has 0 aliphatic rings. The van der Waals surface area contributed by atoms with Crippen molar-refractivity contribution in [3.8, 4) is 5.69 Å². The summed E-state index contributed by atoms with van der Waals surface area (Å²) in [5, 5.41) is 7.46. The van der Waals surface area contributed by atoms with Gasteiger partial charge in [-0.3, -0.25) is 4.79 Å². The lowest BCUT2D eigenvalue weighted by molar-refractivity contribution is 0.111. The van der Waals surface area contributed by atoms with Gasteiger partial charge in [-0.05, 0) is 18.2 Å². The molecule has 0 bridgehead atoms. The Bertz CT molecular complexity index is 492. The molecule has 0 saturated carbocycles. The molecule has 2 aromatic rings. The van der Waals surface area contributed by atoms with Crippen LogP contribution in [0.3, 0.4) is 0 Å². The third-order valence-corrected chi connectivity index (χ3v) is 1.96. The van der Waals surface area contributed by atoms with Crippen molar-refractivity contribution in [1.29, 1.82) is 0 Å². The Hall–Kier alpha value is -1.75. The van der Waals surface area contributed by atoms with E-state index in [1.165, 1.54) is 29.1 Å². The van der Waals surface area contributed by atoms with E-state index in [4.69, 9.17) is 11.6 Å². The lowest BCUT2D eigenvalue weighted by Crippen LogP contribution is -1.95. The van der Waals surface area contributed by atoms with Crippen molar-refractivity contribution < 1.29 is 9.18 Å². The summed E-state index contributed by atoms with van der Waals surface area (Å²) >= 11 is 5.67. The standard InChI is InChI=1S/C9H5ClFN3O/c10-6-1-7(11)3-9(2-6)14-4-8(5-15)12-13-14/h1-5H. The van der Waals surface area contributed by atoms with Gasteiger partial charge in [0.05, 0.1) is 11.9 Å². The van der Waals surface area contributed by atoms with Gasteiger partial charge in [-0.25, -0.2) is 9.07 Å². The van der Waals surface area contributed by atoms with E-state index in [-0.39, 0.29) is 10.7 Å². The van der Waals surface area contributed by atoms with E-state index in [9.17, 15) is 9.18 Å². The third-order valence-electron chi connectivity index (χ3n) is 1.74. The lowest BCUT2D eigenvalue weighted by Gasteiger charge is -2.00. The summed E-state index contributed by atoms with van der Waals surface area (Å²) in [6.07, 6.45) is 1.95. The summed E-state index contributed by atoms with van der Waals surface area (Å²) in [5.74, 6) is -0.472. The molecule has 4 nitrogen and oxygen atoms in total. The molecule has 0 radical (unpaired) electrons. The molecular weight excluding hydrogens is 221 g/mol. The minimum absolute atomic E-state index is 0.176. The quantitative estimate of drug-likeness (QED) is 0.733. The molecule has 1 aromatic carbocycles. The van der Waals surface area contributed by atoms with Crippen molar-refractivity contribution in [1.82, 2.24) is 15.0 Å². The largest absolute Gasteiger partial charge is 0.296 e. The Kier molecular flexibility index (Phi) is 2.47. The van der Waals surface area contributed by atoms with Crippen molar-refractivity contribution in [2.75, 3.05) is 0 Å². The first-order valence-corrected chi connectivity index (χ1v) is 4.41. The summed E-state index contributed by atoms with van der Waals surface area (Å²) in [5.41, 5.74) is 0.594. The first kappa shape index (κ1) is 9.79. The van der Waals surface area contributed by atoms with Crippen LogP contribution in [0.1, 0.15) is 10.5 Å².